The third-order valence-electron chi connectivity index (χ3n) is 1.84. The van der Waals surface area contributed by atoms with Crippen LogP contribution in [0.2, 0.25) is 0 Å². The van der Waals surface area contributed by atoms with Crippen molar-refractivity contribution in [2.24, 2.45) is 0 Å². The highest BCUT2D eigenvalue weighted by Gasteiger charge is 2.13. The number of carbonyl (C=O) groups is 2. The molecule has 2 heterocycles. The van der Waals surface area contributed by atoms with E-state index in [0.717, 1.165) is 28.7 Å². The Kier molecular flexibility index (Phi) is 5.17. The fourth-order valence-electron chi connectivity index (χ4n) is 0.997. The maximum Gasteiger partial charge on any atom is 0.346 e. The Labute approximate surface area is 119 Å². The maximum absolute atomic E-state index is 10.2. The highest BCUT2D eigenvalue weighted by atomic mass is 32.1. The van der Waals surface area contributed by atoms with Crippen LogP contribution < -0.4 is 5.73 Å². The molecule has 2 rings (SSSR count). The Hall–Kier alpha value is -2.46. The largest absolute Gasteiger partial charge is 0.477 e. The zero-order valence-corrected chi connectivity index (χ0v) is 11.3. The number of nitrogens with two attached hydrogens (primary N) is 1. The summed E-state index contributed by atoms with van der Waals surface area (Å²) in [6.45, 7) is 0. The normalized spacial score (nSPS) is 9.40. The van der Waals surface area contributed by atoms with Crippen LogP contribution in [0.3, 0.4) is 0 Å². The molecule has 2 aromatic rings. The molecule has 0 saturated heterocycles. The van der Waals surface area contributed by atoms with E-state index in [1.54, 1.807) is 5.38 Å². The lowest BCUT2D eigenvalue weighted by Crippen LogP contribution is -1.90. The van der Waals surface area contributed by atoms with Crippen molar-refractivity contribution in [2.75, 3.05) is 5.73 Å². The zero-order chi connectivity index (χ0) is 15.3. The second kappa shape index (κ2) is 6.63. The first-order valence-corrected chi connectivity index (χ1v) is 6.60. The fraction of sp³-hybridized carbons (Fsp3) is 0. The number of rotatable bonds is 3. The minimum atomic E-state index is -1.14. The maximum atomic E-state index is 10.2. The van der Waals surface area contributed by atoms with Crippen LogP contribution in [0, 0.1) is 10.1 Å². The Morgan fingerprint density at radius 2 is 1.60 bits per heavy atom. The smallest absolute Gasteiger partial charge is 0.346 e. The lowest BCUT2D eigenvalue weighted by Gasteiger charge is -1.80. The molecule has 0 aliphatic heterocycles. The lowest BCUT2D eigenvalue weighted by molar-refractivity contribution is -0.384. The molecule has 0 aliphatic carbocycles. The van der Waals surface area contributed by atoms with E-state index in [0.29, 0.717) is 5.69 Å². The van der Waals surface area contributed by atoms with E-state index in [-0.39, 0.29) is 15.4 Å². The molecule has 0 aromatic carbocycles. The SMILES string of the molecule is Nc1csc(C(=O)O)c1.O=C(O)c1cc([N+](=O)[O-])cs1. The monoisotopic (exact) mass is 316 g/mol. The molecule has 0 saturated carbocycles. The van der Waals surface area contributed by atoms with Gasteiger partial charge in [-0.3, -0.25) is 10.1 Å². The van der Waals surface area contributed by atoms with Gasteiger partial charge >= 0.3 is 11.9 Å². The molecule has 0 atom stereocenters. The molecular weight excluding hydrogens is 308 g/mol. The molecule has 0 aliphatic rings. The van der Waals surface area contributed by atoms with Gasteiger partial charge in [0.15, 0.2) is 0 Å². The number of hydrogen-bond acceptors (Lipinski definition) is 7. The molecule has 0 fully saturated rings. The summed E-state index contributed by atoms with van der Waals surface area (Å²) < 4.78 is 0. The van der Waals surface area contributed by atoms with Crippen molar-refractivity contribution in [3.8, 4) is 0 Å². The lowest BCUT2D eigenvalue weighted by atomic mass is 10.4. The average molecular weight is 316 g/mol. The van der Waals surface area contributed by atoms with Crippen LogP contribution in [0.5, 0.6) is 0 Å². The number of nitro groups is 1. The van der Waals surface area contributed by atoms with Crippen LogP contribution in [-0.4, -0.2) is 27.1 Å². The molecule has 8 nitrogen and oxygen atoms in total. The predicted molar refractivity (Wildman–Crippen MR) is 73.6 cm³/mol. The highest BCUT2D eigenvalue weighted by Crippen LogP contribution is 2.20. The third-order valence-corrected chi connectivity index (χ3v) is 3.68. The van der Waals surface area contributed by atoms with Gasteiger partial charge in [-0.05, 0) is 6.07 Å². The first-order valence-electron chi connectivity index (χ1n) is 4.84. The molecule has 0 amide bonds. The van der Waals surface area contributed by atoms with E-state index in [1.807, 2.05) is 0 Å². The van der Waals surface area contributed by atoms with Gasteiger partial charge in [-0.2, -0.15) is 0 Å². The van der Waals surface area contributed by atoms with Crippen LogP contribution in [-0.2, 0) is 0 Å². The van der Waals surface area contributed by atoms with Gasteiger partial charge in [0.1, 0.15) is 9.75 Å². The molecule has 0 bridgehead atoms. The molecule has 2 aromatic heterocycles. The van der Waals surface area contributed by atoms with Crippen molar-refractivity contribution in [2.45, 2.75) is 0 Å². The molecule has 0 radical (unpaired) electrons. The zero-order valence-electron chi connectivity index (χ0n) is 9.68. The number of carboxylic acid groups (broad SMARTS) is 2. The fourth-order valence-corrected chi connectivity index (χ4v) is 2.32. The topological polar surface area (TPSA) is 144 Å². The number of hydrogen-bond donors (Lipinski definition) is 3. The van der Waals surface area contributed by atoms with Gasteiger partial charge in [-0.1, -0.05) is 0 Å². The number of anilines is 1. The van der Waals surface area contributed by atoms with Gasteiger partial charge in [0.05, 0.1) is 10.3 Å². The van der Waals surface area contributed by atoms with Gasteiger partial charge in [-0.25, -0.2) is 9.59 Å². The molecule has 0 spiro atoms. The van der Waals surface area contributed by atoms with Crippen LogP contribution in [0.1, 0.15) is 19.3 Å². The summed E-state index contributed by atoms with van der Waals surface area (Å²) in [7, 11) is 0. The standard InChI is InChI=1S/C5H3NO4S.C5H5NO2S/c7-5(8)4-1-3(2-11-4)6(9)10;6-3-1-4(5(7)8)9-2-3/h1-2H,(H,7,8);1-2H,6H2,(H,7,8). The Morgan fingerprint density at radius 3 is 1.85 bits per heavy atom. The van der Waals surface area contributed by atoms with E-state index in [2.05, 4.69) is 0 Å². The number of nitrogen functional groups attached to an aromatic ring is 1. The third kappa shape index (κ3) is 4.33. The van der Waals surface area contributed by atoms with Crippen molar-refractivity contribution >= 4 is 46.0 Å². The summed E-state index contributed by atoms with van der Waals surface area (Å²) in [5, 5.41) is 29.6. The summed E-state index contributed by atoms with van der Waals surface area (Å²) >= 11 is 1.98. The molecule has 0 unspecified atom stereocenters. The predicted octanol–water partition coefficient (Wildman–Crippen LogP) is 2.38. The van der Waals surface area contributed by atoms with E-state index in [1.165, 1.54) is 11.4 Å². The second-order valence-electron chi connectivity index (χ2n) is 3.28. The molecule has 4 N–H and O–H groups in total. The Bertz CT molecular complexity index is 619. The van der Waals surface area contributed by atoms with Crippen LogP contribution >= 0.6 is 22.7 Å². The first-order chi connectivity index (χ1) is 9.31. The van der Waals surface area contributed by atoms with Crippen molar-refractivity contribution in [3.63, 3.8) is 0 Å². The Balaban J connectivity index is 0.000000204. The first kappa shape index (κ1) is 15.6. The van der Waals surface area contributed by atoms with Crippen LogP contribution in [0.25, 0.3) is 0 Å². The summed E-state index contributed by atoms with van der Waals surface area (Å²) in [6, 6.07) is 2.47. The van der Waals surface area contributed by atoms with Gasteiger partial charge in [-0.15, -0.1) is 22.7 Å². The molecule has 106 valence electrons. The van der Waals surface area contributed by atoms with E-state index >= 15 is 0 Å². The van der Waals surface area contributed by atoms with Crippen molar-refractivity contribution in [3.05, 3.63) is 42.8 Å². The summed E-state index contributed by atoms with van der Waals surface area (Å²) in [4.78, 5) is 30.1. The molecule has 10 heteroatoms. The van der Waals surface area contributed by atoms with Gasteiger partial charge in [0.25, 0.3) is 5.69 Å². The minimum absolute atomic E-state index is 0.0169. The van der Waals surface area contributed by atoms with Gasteiger partial charge in [0, 0.05) is 17.1 Å². The minimum Gasteiger partial charge on any atom is -0.477 e. The van der Waals surface area contributed by atoms with Crippen LogP contribution in [0.15, 0.2) is 22.9 Å². The van der Waals surface area contributed by atoms with Gasteiger partial charge in [0.2, 0.25) is 0 Å². The number of thiophene rings is 2. The van der Waals surface area contributed by atoms with Crippen molar-refractivity contribution in [1.82, 2.24) is 0 Å². The number of carboxylic acids is 2. The number of nitrogens with zero attached hydrogens (tertiary/aromatic N) is 1. The van der Waals surface area contributed by atoms with Crippen LogP contribution in [0.4, 0.5) is 11.4 Å². The summed E-state index contributed by atoms with van der Waals surface area (Å²) in [6.07, 6.45) is 0. The molecule has 20 heavy (non-hydrogen) atoms. The van der Waals surface area contributed by atoms with Gasteiger partial charge < -0.3 is 15.9 Å². The van der Waals surface area contributed by atoms with E-state index < -0.39 is 16.9 Å². The average Bonchev–Trinajstić information content (AvgIpc) is 2.97. The number of aromatic carboxylic acids is 2. The summed E-state index contributed by atoms with van der Waals surface area (Å²) in [5.41, 5.74) is 5.60. The second-order valence-corrected chi connectivity index (χ2v) is 5.10. The van der Waals surface area contributed by atoms with Crippen molar-refractivity contribution < 1.29 is 24.7 Å². The summed E-state index contributed by atoms with van der Waals surface area (Å²) in [5.74, 6) is -2.06. The Morgan fingerprint density at radius 1 is 1.10 bits per heavy atom. The van der Waals surface area contributed by atoms with E-state index in [4.69, 9.17) is 15.9 Å². The van der Waals surface area contributed by atoms with Crippen molar-refractivity contribution in [1.29, 1.82) is 0 Å². The highest BCUT2D eigenvalue weighted by molar-refractivity contribution is 7.12. The quantitative estimate of drug-likeness (QED) is 0.582. The molecular formula is C10H8N2O6S2. The van der Waals surface area contributed by atoms with E-state index in [9.17, 15) is 19.7 Å².